The number of carbonyl (C=O) groups is 2. The van der Waals surface area contributed by atoms with Gasteiger partial charge in [0.2, 0.25) is 0 Å². The molecule has 7 heteroatoms. The lowest BCUT2D eigenvalue weighted by Crippen LogP contribution is -2.40. The normalized spacial score (nSPS) is 13.1. The number of aliphatic hydroxyl groups excluding tert-OH is 1. The summed E-state index contributed by atoms with van der Waals surface area (Å²) in [5.41, 5.74) is 0.893. The van der Waals surface area contributed by atoms with E-state index < -0.39 is 30.0 Å². The maximum Gasteiger partial charge on any atom is 0.508 e. The van der Waals surface area contributed by atoms with Gasteiger partial charge in [-0.15, -0.1) is 0 Å². The van der Waals surface area contributed by atoms with Crippen molar-refractivity contribution in [3.63, 3.8) is 0 Å². The van der Waals surface area contributed by atoms with E-state index in [-0.39, 0.29) is 19.6 Å². The highest BCUT2D eigenvalue weighted by atomic mass is 16.7. The average Bonchev–Trinajstić information content (AvgIpc) is 2.70. The van der Waals surface area contributed by atoms with Crippen molar-refractivity contribution in [1.82, 2.24) is 5.32 Å². The summed E-state index contributed by atoms with van der Waals surface area (Å²) in [5, 5.41) is 13.3. The van der Waals surface area contributed by atoms with E-state index in [1.165, 1.54) is 0 Å². The molecule has 0 bridgehead atoms. The van der Waals surface area contributed by atoms with Crippen LogP contribution in [-0.2, 0) is 20.8 Å². The summed E-state index contributed by atoms with van der Waals surface area (Å²) in [6.07, 6.45) is -2.35. The molecule has 0 aliphatic carbocycles. The molecule has 0 aliphatic rings. The van der Waals surface area contributed by atoms with Gasteiger partial charge in [0.15, 0.2) is 0 Å². The number of nitrogens with one attached hydrogen (secondary N) is 1. The number of alkyl carbamates (subject to hydrolysis) is 1. The van der Waals surface area contributed by atoms with Crippen molar-refractivity contribution in [3.05, 3.63) is 71.8 Å². The van der Waals surface area contributed by atoms with Crippen molar-refractivity contribution in [3.8, 4) is 0 Å². The van der Waals surface area contributed by atoms with Gasteiger partial charge in [-0.25, -0.2) is 9.59 Å². The van der Waals surface area contributed by atoms with Crippen LogP contribution in [0.2, 0.25) is 0 Å². The van der Waals surface area contributed by atoms with Crippen molar-refractivity contribution in [2.24, 2.45) is 0 Å². The molecule has 162 valence electrons. The Bertz CT molecular complexity index is 788. The van der Waals surface area contributed by atoms with Crippen LogP contribution in [0.25, 0.3) is 0 Å². The lowest BCUT2D eigenvalue weighted by molar-refractivity contribution is 0.0249. The number of amides is 1. The summed E-state index contributed by atoms with van der Waals surface area (Å²) in [7, 11) is 0. The van der Waals surface area contributed by atoms with Crippen molar-refractivity contribution in [2.75, 3.05) is 6.61 Å². The van der Waals surface area contributed by atoms with Gasteiger partial charge in [-0.1, -0.05) is 60.7 Å². The quantitative estimate of drug-likeness (QED) is 0.622. The van der Waals surface area contributed by atoms with E-state index in [0.717, 1.165) is 5.56 Å². The highest BCUT2D eigenvalue weighted by molar-refractivity contribution is 5.68. The van der Waals surface area contributed by atoms with E-state index >= 15 is 0 Å². The van der Waals surface area contributed by atoms with Crippen LogP contribution >= 0.6 is 0 Å². The molecule has 2 atom stereocenters. The second kappa shape index (κ2) is 11.2. The molecule has 0 saturated heterocycles. The fourth-order valence-electron chi connectivity index (χ4n) is 2.68. The average molecular weight is 415 g/mol. The molecule has 2 rings (SSSR count). The first kappa shape index (κ1) is 23.2. The first-order valence-corrected chi connectivity index (χ1v) is 9.80. The third kappa shape index (κ3) is 8.53. The van der Waals surface area contributed by atoms with Gasteiger partial charge in [-0.3, -0.25) is 0 Å². The number of aliphatic hydroxyl groups is 1. The highest BCUT2D eigenvalue weighted by Gasteiger charge is 2.26. The molecule has 0 spiro atoms. The zero-order valence-electron chi connectivity index (χ0n) is 17.5. The van der Waals surface area contributed by atoms with Crippen molar-refractivity contribution >= 4 is 12.2 Å². The van der Waals surface area contributed by atoms with E-state index in [4.69, 9.17) is 14.2 Å². The van der Waals surface area contributed by atoms with Crippen LogP contribution in [0, 0.1) is 0 Å². The fourth-order valence-corrected chi connectivity index (χ4v) is 2.68. The fraction of sp³-hybridized carbons (Fsp3) is 0.391. The Labute approximate surface area is 177 Å². The highest BCUT2D eigenvalue weighted by Crippen LogP contribution is 2.20. The smallest absolute Gasteiger partial charge is 0.444 e. The van der Waals surface area contributed by atoms with Crippen LogP contribution in [0.5, 0.6) is 0 Å². The molecule has 0 heterocycles. The van der Waals surface area contributed by atoms with E-state index in [1.54, 1.807) is 32.9 Å². The van der Waals surface area contributed by atoms with E-state index in [2.05, 4.69) is 5.32 Å². The number of benzene rings is 2. The summed E-state index contributed by atoms with van der Waals surface area (Å²) in [6.45, 7) is 5.32. The first-order valence-electron chi connectivity index (χ1n) is 9.80. The molecule has 0 aliphatic heterocycles. The Balaban J connectivity index is 1.86. The van der Waals surface area contributed by atoms with Gasteiger partial charge < -0.3 is 24.6 Å². The standard InChI is InChI=1S/C23H29NO6/c1-23(2,3)30-21(26)24-20(18-12-8-5-9-13-18)19(25)14-15-28-22(27)29-16-17-10-6-4-7-11-17/h4-13,19-20,25H,14-16H2,1-3H3,(H,24,26). The Morgan fingerprint density at radius 2 is 1.57 bits per heavy atom. The molecule has 2 aromatic rings. The second-order valence-corrected chi connectivity index (χ2v) is 7.76. The summed E-state index contributed by atoms with van der Waals surface area (Å²) in [6, 6.07) is 17.6. The molecule has 7 nitrogen and oxygen atoms in total. The number of rotatable bonds is 8. The molecular weight excluding hydrogens is 386 g/mol. The third-order valence-corrected chi connectivity index (χ3v) is 4.05. The van der Waals surface area contributed by atoms with Crippen molar-refractivity contribution in [1.29, 1.82) is 0 Å². The topological polar surface area (TPSA) is 94.1 Å². The van der Waals surface area contributed by atoms with Crippen LogP contribution in [0.15, 0.2) is 60.7 Å². The lowest BCUT2D eigenvalue weighted by atomic mass is 9.99. The Morgan fingerprint density at radius 1 is 0.967 bits per heavy atom. The molecule has 2 N–H and O–H groups in total. The minimum absolute atomic E-state index is 0.0614. The van der Waals surface area contributed by atoms with Gasteiger partial charge in [0, 0.05) is 6.42 Å². The minimum atomic E-state index is -0.998. The minimum Gasteiger partial charge on any atom is -0.444 e. The third-order valence-electron chi connectivity index (χ3n) is 4.05. The molecule has 1 amide bonds. The molecule has 2 aromatic carbocycles. The summed E-state index contributed by atoms with van der Waals surface area (Å²) >= 11 is 0. The van der Waals surface area contributed by atoms with Gasteiger partial charge >= 0.3 is 12.2 Å². The van der Waals surface area contributed by atoms with Gasteiger partial charge in [0.1, 0.15) is 12.2 Å². The molecule has 0 aromatic heterocycles. The van der Waals surface area contributed by atoms with Crippen LogP contribution in [-0.4, -0.2) is 35.7 Å². The van der Waals surface area contributed by atoms with Gasteiger partial charge in [-0.05, 0) is 31.9 Å². The number of ether oxygens (including phenoxy) is 3. The zero-order chi connectivity index (χ0) is 22.0. The molecule has 0 fully saturated rings. The summed E-state index contributed by atoms with van der Waals surface area (Å²) in [5.74, 6) is 0. The van der Waals surface area contributed by atoms with Gasteiger partial charge in [-0.2, -0.15) is 0 Å². The SMILES string of the molecule is CC(C)(C)OC(=O)NC(c1ccccc1)C(O)CCOC(=O)OCc1ccccc1. The maximum absolute atomic E-state index is 12.2. The molecule has 0 saturated carbocycles. The summed E-state index contributed by atoms with van der Waals surface area (Å²) in [4.78, 5) is 24.0. The zero-order valence-corrected chi connectivity index (χ0v) is 17.5. The van der Waals surface area contributed by atoms with E-state index in [9.17, 15) is 14.7 Å². The van der Waals surface area contributed by atoms with Gasteiger partial charge in [0.25, 0.3) is 0 Å². The number of carbonyl (C=O) groups excluding carboxylic acids is 2. The largest absolute Gasteiger partial charge is 0.508 e. The molecule has 0 radical (unpaired) electrons. The van der Waals surface area contributed by atoms with Crippen molar-refractivity contribution < 1.29 is 28.9 Å². The van der Waals surface area contributed by atoms with E-state index in [1.807, 2.05) is 48.5 Å². The summed E-state index contributed by atoms with van der Waals surface area (Å²) < 4.78 is 15.4. The Hall–Kier alpha value is -3.06. The van der Waals surface area contributed by atoms with Gasteiger partial charge in [0.05, 0.1) is 18.8 Å². The Morgan fingerprint density at radius 3 is 2.17 bits per heavy atom. The maximum atomic E-state index is 12.2. The van der Waals surface area contributed by atoms with Crippen molar-refractivity contribution in [2.45, 2.75) is 51.5 Å². The lowest BCUT2D eigenvalue weighted by Gasteiger charge is -2.27. The van der Waals surface area contributed by atoms with Crippen LogP contribution in [0.3, 0.4) is 0 Å². The van der Waals surface area contributed by atoms with Crippen LogP contribution in [0.4, 0.5) is 9.59 Å². The molecule has 30 heavy (non-hydrogen) atoms. The predicted octanol–water partition coefficient (Wildman–Crippen LogP) is 4.36. The van der Waals surface area contributed by atoms with Crippen LogP contribution in [0.1, 0.15) is 44.4 Å². The predicted molar refractivity (Wildman–Crippen MR) is 112 cm³/mol. The number of hydrogen-bond acceptors (Lipinski definition) is 6. The Kier molecular flexibility index (Phi) is 8.68. The number of hydrogen-bond donors (Lipinski definition) is 2. The monoisotopic (exact) mass is 415 g/mol. The molecular formula is C23H29NO6. The van der Waals surface area contributed by atoms with Crippen LogP contribution < -0.4 is 5.32 Å². The van der Waals surface area contributed by atoms with E-state index in [0.29, 0.717) is 5.56 Å². The second-order valence-electron chi connectivity index (χ2n) is 7.76. The molecule has 2 unspecified atom stereocenters. The first-order chi connectivity index (χ1) is 14.2.